The van der Waals surface area contributed by atoms with Crippen LogP contribution in [-0.4, -0.2) is 21.9 Å². The summed E-state index contributed by atoms with van der Waals surface area (Å²) >= 11 is 0. The number of nitrogen functional groups attached to an aromatic ring is 1. The van der Waals surface area contributed by atoms with Crippen LogP contribution in [0, 0.1) is 5.92 Å². The van der Waals surface area contributed by atoms with E-state index in [2.05, 4.69) is 11.9 Å². The third kappa shape index (κ3) is 8.75. The van der Waals surface area contributed by atoms with Crippen molar-refractivity contribution in [2.24, 2.45) is 11.7 Å². The Bertz CT molecular complexity index is 308. The normalized spacial score (nSPS) is 9.06. The Morgan fingerprint density at radius 1 is 1.44 bits per heavy atom. The third-order valence-corrected chi connectivity index (χ3v) is 2.06. The summed E-state index contributed by atoms with van der Waals surface area (Å²) in [5, 5.41) is 0. The molecule has 5 nitrogen and oxygen atoms in total. The van der Waals surface area contributed by atoms with Gasteiger partial charge in [-0.1, -0.05) is 34.6 Å². The van der Waals surface area contributed by atoms with Crippen molar-refractivity contribution in [3.63, 3.8) is 0 Å². The molecule has 0 amide bonds. The van der Waals surface area contributed by atoms with Gasteiger partial charge in [0.2, 0.25) is 0 Å². The van der Waals surface area contributed by atoms with E-state index < -0.39 is 0 Å². The first-order valence-electron chi connectivity index (χ1n) is 6.52. The fraction of sp³-hybridized carbons (Fsp3) is 0.692. The van der Waals surface area contributed by atoms with Crippen molar-refractivity contribution >= 4 is 11.7 Å². The van der Waals surface area contributed by atoms with Gasteiger partial charge in [-0.05, 0) is 6.42 Å². The first-order valence-corrected chi connectivity index (χ1v) is 6.52. The molecule has 0 bridgehead atoms. The molecule has 4 N–H and O–H groups in total. The molecule has 0 aromatic carbocycles. The highest BCUT2D eigenvalue weighted by Crippen LogP contribution is 1.98. The molecule has 106 valence electrons. The number of hydrogen-bond donors (Lipinski definition) is 2. The molecule has 1 aromatic heterocycles. The van der Waals surface area contributed by atoms with E-state index >= 15 is 0 Å². The standard InChI is InChI=1S/C6H11N3.C5H11NO.C2H6/c1-2-4-9-5-3-8-6(9)7;1-4(2)5(7)3-6;1-2/h3,5H,2,4H2,1H3,(H2,7,8);4H,3,6H2,1-2H3;1-2H3. The highest BCUT2D eigenvalue weighted by molar-refractivity contribution is 5.81. The van der Waals surface area contributed by atoms with Crippen LogP contribution >= 0.6 is 0 Å². The Balaban J connectivity index is 0. The van der Waals surface area contributed by atoms with Crippen molar-refractivity contribution in [3.05, 3.63) is 12.4 Å². The van der Waals surface area contributed by atoms with Crippen LogP contribution < -0.4 is 11.5 Å². The van der Waals surface area contributed by atoms with Gasteiger partial charge in [-0.25, -0.2) is 4.98 Å². The Labute approximate surface area is 111 Å². The number of carbonyl (C=O) groups excluding carboxylic acids is 1. The maximum atomic E-state index is 10.4. The van der Waals surface area contributed by atoms with Gasteiger partial charge in [0.15, 0.2) is 5.95 Å². The quantitative estimate of drug-likeness (QED) is 0.863. The number of Topliss-reactive ketones (excluding diaryl/α,β-unsaturated/α-hetero) is 1. The average Bonchev–Trinajstić information content (AvgIpc) is 2.78. The minimum atomic E-state index is 0.102. The molecule has 0 radical (unpaired) electrons. The van der Waals surface area contributed by atoms with Gasteiger partial charge in [0, 0.05) is 24.9 Å². The third-order valence-electron chi connectivity index (χ3n) is 2.06. The van der Waals surface area contributed by atoms with E-state index in [1.165, 1.54) is 0 Å². The maximum Gasteiger partial charge on any atom is 0.200 e. The lowest BCUT2D eigenvalue weighted by Crippen LogP contribution is -2.18. The maximum absolute atomic E-state index is 10.4. The number of nitrogens with two attached hydrogens (primary N) is 2. The molecule has 0 spiro atoms. The summed E-state index contributed by atoms with van der Waals surface area (Å²) in [4.78, 5) is 14.3. The molecule has 1 rings (SSSR count). The van der Waals surface area contributed by atoms with E-state index in [0.717, 1.165) is 13.0 Å². The van der Waals surface area contributed by atoms with E-state index in [9.17, 15) is 4.79 Å². The highest BCUT2D eigenvalue weighted by Gasteiger charge is 2.01. The van der Waals surface area contributed by atoms with Crippen molar-refractivity contribution in [1.29, 1.82) is 0 Å². The van der Waals surface area contributed by atoms with Crippen LogP contribution in [0.25, 0.3) is 0 Å². The number of anilines is 1. The molecule has 1 aromatic rings. The van der Waals surface area contributed by atoms with Gasteiger partial charge in [-0.2, -0.15) is 0 Å². The first kappa shape index (κ1) is 19.0. The summed E-state index contributed by atoms with van der Waals surface area (Å²) in [6.45, 7) is 10.9. The molecular weight excluding hydrogens is 228 g/mol. The number of aromatic nitrogens is 2. The molecule has 0 fully saturated rings. The number of ketones is 1. The second-order valence-corrected chi connectivity index (χ2v) is 3.80. The van der Waals surface area contributed by atoms with Crippen molar-refractivity contribution in [1.82, 2.24) is 9.55 Å². The molecule has 0 aliphatic heterocycles. The van der Waals surface area contributed by atoms with Crippen molar-refractivity contribution in [3.8, 4) is 0 Å². The Hall–Kier alpha value is -1.36. The molecule has 0 aliphatic rings. The number of carbonyl (C=O) groups is 1. The summed E-state index contributed by atoms with van der Waals surface area (Å²) in [6, 6.07) is 0. The highest BCUT2D eigenvalue weighted by atomic mass is 16.1. The average molecular weight is 256 g/mol. The lowest BCUT2D eigenvalue weighted by atomic mass is 10.1. The van der Waals surface area contributed by atoms with Crippen LogP contribution in [0.15, 0.2) is 12.4 Å². The van der Waals surface area contributed by atoms with Crippen molar-refractivity contribution in [2.75, 3.05) is 12.3 Å². The number of imidazole rings is 1. The first-order chi connectivity index (χ1) is 8.52. The molecule has 0 aliphatic carbocycles. The SMILES string of the molecule is CC.CC(C)C(=O)CN.CCCn1ccnc1N. The molecule has 0 unspecified atom stereocenters. The van der Waals surface area contributed by atoms with E-state index in [-0.39, 0.29) is 18.2 Å². The lowest BCUT2D eigenvalue weighted by Gasteiger charge is -1.98. The smallest absolute Gasteiger partial charge is 0.200 e. The Morgan fingerprint density at radius 2 is 2.00 bits per heavy atom. The molecule has 18 heavy (non-hydrogen) atoms. The van der Waals surface area contributed by atoms with Crippen molar-refractivity contribution < 1.29 is 4.79 Å². The number of hydrogen-bond acceptors (Lipinski definition) is 4. The largest absolute Gasteiger partial charge is 0.369 e. The van der Waals surface area contributed by atoms with Gasteiger partial charge >= 0.3 is 0 Å². The van der Waals surface area contributed by atoms with Gasteiger partial charge in [0.05, 0.1) is 6.54 Å². The number of rotatable bonds is 4. The van der Waals surface area contributed by atoms with Crippen LogP contribution in [0.2, 0.25) is 0 Å². The summed E-state index contributed by atoms with van der Waals surface area (Å²) in [7, 11) is 0. The predicted octanol–water partition coefficient (Wildman–Crippen LogP) is 2.07. The van der Waals surface area contributed by atoms with Crippen LogP contribution in [0.3, 0.4) is 0 Å². The minimum Gasteiger partial charge on any atom is -0.369 e. The summed E-state index contributed by atoms with van der Waals surface area (Å²) in [6.07, 6.45) is 4.70. The zero-order valence-corrected chi connectivity index (χ0v) is 12.3. The molecule has 0 atom stereocenters. The monoisotopic (exact) mass is 256 g/mol. The summed E-state index contributed by atoms with van der Waals surface area (Å²) in [5.41, 5.74) is 10.5. The van der Waals surface area contributed by atoms with Crippen LogP contribution in [0.5, 0.6) is 0 Å². The molecular formula is C13H28N4O. The van der Waals surface area contributed by atoms with E-state index in [1.807, 2.05) is 38.5 Å². The minimum absolute atomic E-state index is 0.102. The molecule has 0 saturated carbocycles. The second-order valence-electron chi connectivity index (χ2n) is 3.80. The predicted molar refractivity (Wildman–Crippen MR) is 77.2 cm³/mol. The number of aryl methyl sites for hydroxylation is 1. The fourth-order valence-corrected chi connectivity index (χ4v) is 1.01. The fourth-order valence-electron chi connectivity index (χ4n) is 1.01. The number of nitrogens with zero attached hydrogens (tertiary/aromatic N) is 2. The van der Waals surface area contributed by atoms with Gasteiger partial charge in [0.25, 0.3) is 0 Å². The van der Waals surface area contributed by atoms with Gasteiger partial charge in [-0.15, -0.1) is 0 Å². The zero-order valence-electron chi connectivity index (χ0n) is 12.3. The lowest BCUT2D eigenvalue weighted by molar-refractivity contribution is -0.120. The summed E-state index contributed by atoms with van der Waals surface area (Å²) < 4.78 is 1.93. The van der Waals surface area contributed by atoms with Gasteiger partial charge in [0.1, 0.15) is 5.78 Å². The van der Waals surface area contributed by atoms with Gasteiger partial charge < -0.3 is 16.0 Å². The van der Waals surface area contributed by atoms with E-state index in [4.69, 9.17) is 11.5 Å². The van der Waals surface area contributed by atoms with Crippen molar-refractivity contribution in [2.45, 2.75) is 47.6 Å². The molecule has 5 heteroatoms. The zero-order chi connectivity index (χ0) is 14.6. The summed E-state index contributed by atoms with van der Waals surface area (Å²) in [5.74, 6) is 0.835. The molecule has 0 saturated heterocycles. The second kappa shape index (κ2) is 12.1. The van der Waals surface area contributed by atoms with Crippen LogP contribution in [-0.2, 0) is 11.3 Å². The Morgan fingerprint density at radius 3 is 2.22 bits per heavy atom. The molecule has 1 heterocycles. The Kier molecular flexibility index (Phi) is 12.8. The van der Waals surface area contributed by atoms with E-state index in [0.29, 0.717) is 5.95 Å². The van der Waals surface area contributed by atoms with Gasteiger partial charge in [-0.3, -0.25) is 4.79 Å². The van der Waals surface area contributed by atoms with E-state index in [1.54, 1.807) is 6.20 Å². The van der Waals surface area contributed by atoms with Crippen LogP contribution in [0.1, 0.15) is 41.0 Å². The topological polar surface area (TPSA) is 86.9 Å². The van der Waals surface area contributed by atoms with Crippen LogP contribution in [0.4, 0.5) is 5.95 Å².